The van der Waals surface area contributed by atoms with Crippen molar-refractivity contribution in [2.24, 2.45) is 23.7 Å². The van der Waals surface area contributed by atoms with E-state index in [1.54, 1.807) is 102 Å². The Hall–Kier alpha value is -8.13. The maximum atomic E-state index is 14.6. The van der Waals surface area contributed by atoms with Crippen LogP contribution in [0.5, 0.6) is 0 Å². The van der Waals surface area contributed by atoms with E-state index in [4.69, 9.17) is 0 Å². The van der Waals surface area contributed by atoms with E-state index >= 15 is 0 Å². The van der Waals surface area contributed by atoms with Gasteiger partial charge in [-0.2, -0.15) is 0 Å². The third-order valence-corrected chi connectivity index (χ3v) is 18.0. The van der Waals surface area contributed by atoms with Crippen LogP contribution >= 0.6 is 0 Å². The molecule has 0 bridgehead atoms. The van der Waals surface area contributed by atoms with Gasteiger partial charge in [-0.3, -0.25) is 72.1 Å². The highest BCUT2D eigenvalue weighted by Crippen LogP contribution is 2.21. The van der Waals surface area contributed by atoms with Crippen molar-refractivity contribution in [3.05, 3.63) is 71.8 Å². The minimum atomic E-state index is -1.95. The molecule has 0 radical (unpaired) electrons. The SMILES string of the molecule is CC(C)C[C@@H]1NC(=O)[C@H](C)N(C)C(=O)[C@H](C(C)C)N(C)C(=O)CCN(C)C(=O)[C@H](Cc2ccccc2)NC(=O)[C@H](C(C)C)N(C)C(=O)[C@H](C)N(C)C(=O)[C@H]([C@@H](C)O)NC(=O)[C@H](Cc2ccccc2)N(C)CC(=O)[C@H](C)CC(=O)N(C)C(=O)[C@@H](C(=O)N2CCCCC2)NC1=O. The molecule has 2 heterocycles. The zero-order chi connectivity index (χ0) is 70.7. The van der Waals surface area contributed by atoms with Gasteiger partial charge in [-0.1, -0.05) is 109 Å². The van der Waals surface area contributed by atoms with Gasteiger partial charge in [0.15, 0.2) is 6.04 Å². The van der Waals surface area contributed by atoms with E-state index in [0.29, 0.717) is 28.9 Å². The molecule has 2 aromatic carbocycles. The van der Waals surface area contributed by atoms with E-state index in [9.17, 15) is 67.4 Å². The van der Waals surface area contributed by atoms with E-state index in [1.807, 2.05) is 0 Å². The molecule has 2 aliphatic rings. The van der Waals surface area contributed by atoms with Gasteiger partial charge in [0.25, 0.3) is 11.8 Å². The first kappa shape index (κ1) is 78.3. The lowest BCUT2D eigenvalue weighted by Gasteiger charge is -2.37. The summed E-state index contributed by atoms with van der Waals surface area (Å²) < 4.78 is 0. The second-order valence-corrected chi connectivity index (χ2v) is 26.6. The van der Waals surface area contributed by atoms with Crippen molar-refractivity contribution in [3.63, 3.8) is 0 Å². The smallest absolute Gasteiger partial charge is 0.261 e. The van der Waals surface area contributed by atoms with Gasteiger partial charge in [-0.15, -0.1) is 0 Å². The number of nitrogens with zero attached hydrogens (tertiary/aromatic N) is 8. The number of benzene rings is 2. The predicted molar refractivity (Wildman–Crippen MR) is 352 cm³/mol. The molecule has 2 aliphatic heterocycles. The summed E-state index contributed by atoms with van der Waals surface area (Å²) in [5, 5.41) is 21.9. The van der Waals surface area contributed by atoms with Crippen LogP contribution in [-0.4, -0.2) is 257 Å². The molecule has 26 nitrogen and oxygen atoms in total. The molecule has 0 aliphatic carbocycles. The highest BCUT2D eigenvalue weighted by Gasteiger charge is 2.43. The molecule has 0 spiro atoms. The number of piperidine rings is 1. The topological polar surface area (TPSA) is 316 Å². The van der Waals surface area contributed by atoms with Crippen molar-refractivity contribution in [2.45, 2.75) is 181 Å². The zero-order valence-electron chi connectivity index (χ0n) is 58.2. The fraction of sp³-hybridized carbons (Fsp3) is 0.632. The Bertz CT molecular complexity index is 2990. The molecule has 0 saturated carbocycles. The maximum absolute atomic E-state index is 14.6. The van der Waals surface area contributed by atoms with Crippen LogP contribution in [0.4, 0.5) is 0 Å². The standard InChI is InChI=1S/C68H104N12O14/c1-40(2)35-49-60(86)72-56(67(93)80-32-25-20-26-33-80)66(92)78(16)54(84)36-43(7)52(82)39-74(12)51(38-48-29-23-19-24-30-48)61(87)71-55(46(10)81)65(91)76(14)45(9)63(89)79(17)57(41(3)4)62(88)70-50(37-47-27-21-18-22-28-47)64(90)73(11)34-31-53(83)77(15)58(42(5)6)68(94)75(13)44(8)59(85)69-49/h18-19,21-24,27-30,40-46,49-51,55-58,81H,20,25-26,31-39H2,1-17H3,(H,69,85)(H,70,88)(H,71,87)(H,72,86)/t43-,44+,45+,46-,49+,50+,51+,55+,56+,57+,58+/m1/s1. The monoisotopic (exact) mass is 1310 g/mol. The Kier molecular flexibility index (Phi) is 29.9. The number of hydrogen-bond acceptors (Lipinski definition) is 15. The van der Waals surface area contributed by atoms with Gasteiger partial charge < -0.3 is 55.8 Å². The van der Waals surface area contributed by atoms with Crippen LogP contribution in [0.25, 0.3) is 0 Å². The average Bonchev–Trinajstić information content (AvgIpc) is 0.852. The van der Waals surface area contributed by atoms with Gasteiger partial charge in [0.1, 0.15) is 48.1 Å². The molecule has 2 fully saturated rings. The number of rotatable bonds is 10. The number of likely N-dealkylation sites (N-methyl/N-ethyl adjacent to an activating group) is 7. The zero-order valence-corrected chi connectivity index (χ0v) is 58.2. The molecular weight excluding hydrogens is 1210 g/mol. The summed E-state index contributed by atoms with van der Waals surface area (Å²) in [6.45, 7) is 15.9. The molecule has 520 valence electrons. The quantitative estimate of drug-likeness (QED) is 0.165. The Balaban J connectivity index is 1.81. The van der Waals surface area contributed by atoms with E-state index in [2.05, 4.69) is 21.3 Å². The second-order valence-electron chi connectivity index (χ2n) is 26.6. The van der Waals surface area contributed by atoms with E-state index in [0.717, 1.165) is 23.3 Å². The highest BCUT2D eigenvalue weighted by molar-refractivity contribution is 6.12. The Morgan fingerprint density at radius 2 is 1.05 bits per heavy atom. The highest BCUT2D eigenvalue weighted by atomic mass is 16.3. The number of carbonyl (C=O) groups excluding carboxylic acids is 13. The van der Waals surface area contributed by atoms with Crippen molar-refractivity contribution in [1.29, 1.82) is 0 Å². The lowest BCUT2D eigenvalue weighted by atomic mass is 9.98. The summed E-state index contributed by atoms with van der Waals surface area (Å²) in [7, 11) is 9.58. The largest absolute Gasteiger partial charge is 0.391 e. The lowest BCUT2D eigenvalue weighted by molar-refractivity contribution is -0.152. The Labute approximate surface area is 554 Å². The molecule has 94 heavy (non-hydrogen) atoms. The van der Waals surface area contributed by atoms with Crippen LogP contribution in [-0.2, 0) is 75.2 Å². The van der Waals surface area contributed by atoms with Crippen molar-refractivity contribution < 1.29 is 67.4 Å². The van der Waals surface area contributed by atoms with Crippen molar-refractivity contribution in [3.8, 4) is 0 Å². The first-order chi connectivity index (χ1) is 44.0. The molecule has 2 saturated heterocycles. The van der Waals surface area contributed by atoms with Crippen LogP contribution in [0.1, 0.15) is 119 Å². The number of imide groups is 1. The number of hydrogen-bond donors (Lipinski definition) is 5. The number of likely N-dealkylation sites (tertiary alicyclic amines) is 1. The molecule has 26 heteroatoms. The molecule has 5 N–H and O–H groups in total. The van der Waals surface area contributed by atoms with Gasteiger partial charge in [0.2, 0.25) is 59.1 Å². The van der Waals surface area contributed by atoms with Gasteiger partial charge in [-0.05, 0) is 88.8 Å². The van der Waals surface area contributed by atoms with Crippen molar-refractivity contribution >= 4 is 76.7 Å². The maximum Gasteiger partial charge on any atom is 0.261 e. The van der Waals surface area contributed by atoms with Gasteiger partial charge in [0, 0.05) is 87.1 Å². The molecule has 12 amide bonds. The third-order valence-electron chi connectivity index (χ3n) is 18.0. The summed E-state index contributed by atoms with van der Waals surface area (Å²) in [6, 6.07) is 5.38. The normalized spacial score (nSPS) is 26.4. The number of amides is 12. The summed E-state index contributed by atoms with van der Waals surface area (Å²) in [5.41, 5.74) is 1.34. The summed E-state index contributed by atoms with van der Waals surface area (Å²) in [5.74, 6) is -12.2. The number of ketones is 1. The lowest BCUT2D eigenvalue weighted by Crippen LogP contribution is -2.62. The van der Waals surface area contributed by atoms with E-state index in [-0.39, 0.29) is 51.2 Å². The molecular formula is C68H104N12O14. The van der Waals surface area contributed by atoms with Gasteiger partial charge in [0.05, 0.1) is 18.7 Å². The minimum absolute atomic E-state index is 0.00437. The molecule has 0 aromatic heterocycles. The molecule has 2 aromatic rings. The Morgan fingerprint density at radius 3 is 1.59 bits per heavy atom. The third kappa shape index (κ3) is 21.2. The second kappa shape index (κ2) is 35.9. The van der Waals surface area contributed by atoms with Crippen molar-refractivity contribution in [1.82, 2.24) is 60.5 Å². The fourth-order valence-electron chi connectivity index (χ4n) is 11.7. The van der Waals surface area contributed by atoms with Gasteiger partial charge in [-0.25, -0.2) is 0 Å². The van der Waals surface area contributed by atoms with E-state index in [1.165, 1.54) is 94.5 Å². The number of aliphatic hydroxyl groups excluding tert-OH is 1. The number of carbonyl (C=O) groups is 13. The van der Waals surface area contributed by atoms with E-state index < -0.39 is 168 Å². The fourth-order valence-corrected chi connectivity index (χ4v) is 11.7. The first-order valence-corrected chi connectivity index (χ1v) is 32.6. The molecule has 0 unspecified atom stereocenters. The summed E-state index contributed by atoms with van der Waals surface area (Å²) in [6.07, 6.45) is -0.319. The first-order valence-electron chi connectivity index (χ1n) is 32.6. The van der Waals surface area contributed by atoms with Crippen LogP contribution < -0.4 is 21.3 Å². The Morgan fingerprint density at radius 1 is 0.521 bits per heavy atom. The van der Waals surface area contributed by atoms with Crippen LogP contribution in [0.15, 0.2) is 60.7 Å². The summed E-state index contributed by atoms with van der Waals surface area (Å²) >= 11 is 0. The van der Waals surface area contributed by atoms with Crippen LogP contribution in [0.2, 0.25) is 0 Å². The number of Topliss-reactive ketones (excluding diaryl/α,β-unsaturated/α-hetero) is 1. The summed E-state index contributed by atoms with van der Waals surface area (Å²) in [4.78, 5) is 197. The average molecular weight is 1310 g/mol. The van der Waals surface area contributed by atoms with Crippen LogP contribution in [0.3, 0.4) is 0 Å². The van der Waals surface area contributed by atoms with Crippen LogP contribution in [0, 0.1) is 23.7 Å². The van der Waals surface area contributed by atoms with Gasteiger partial charge >= 0.3 is 0 Å². The molecule has 4 rings (SSSR count). The minimum Gasteiger partial charge on any atom is -0.391 e. The molecule has 11 atom stereocenters. The number of aliphatic hydroxyl groups is 1. The van der Waals surface area contributed by atoms with Crippen molar-refractivity contribution in [2.75, 3.05) is 75.5 Å². The number of nitrogens with one attached hydrogen (secondary N) is 4. The predicted octanol–water partition coefficient (Wildman–Crippen LogP) is 1.25.